The Hall–Kier alpha value is -1.09. The Morgan fingerprint density at radius 1 is 1.40 bits per heavy atom. The van der Waals surface area contributed by atoms with Crippen LogP contribution in [0.25, 0.3) is 6.08 Å². The molecule has 8 heteroatoms. The number of rotatable bonds is 5. The van der Waals surface area contributed by atoms with Crippen molar-refractivity contribution in [3.8, 4) is 11.5 Å². The van der Waals surface area contributed by atoms with Crippen LogP contribution in [0.15, 0.2) is 21.5 Å². The van der Waals surface area contributed by atoms with E-state index in [0.717, 1.165) is 29.5 Å². The normalized spacial score (nSPS) is 22.1. The molecule has 2 saturated heterocycles. The van der Waals surface area contributed by atoms with E-state index >= 15 is 0 Å². The van der Waals surface area contributed by atoms with Crippen LogP contribution >= 0.6 is 39.9 Å². The van der Waals surface area contributed by atoms with Crippen LogP contribution in [0.4, 0.5) is 0 Å². The molecule has 5 nitrogen and oxygen atoms in total. The maximum atomic E-state index is 12.7. The molecule has 1 amide bonds. The van der Waals surface area contributed by atoms with Crippen LogP contribution in [0.1, 0.15) is 18.4 Å². The van der Waals surface area contributed by atoms with Crippen molar-refractivity contribution in [2.45, 2.75) is 18.9 Å². The summed E-state index contributed by atoms with van der Waals surface area (Å²) in [5, 5.41) is 0. The van der Waals surface area contributed by atoms with Gasteiger partial charge in [0.1, 0.15) is 15.8 Å². The number of ether oxygens (including phenoxy) is 3. The Labute approximate surface area is 164 Å². The highest BCUT2D eigenvalue weighted by atomic mass is 79.9. The van der Waals surface area contributed by atoms with Crippen molar-refractivity contribution >= 4 is 56.2 Å². The molecule has 1 aromatic rings. The summed E-state index contributed by atoms with van der Waals surface area (Å²) in [7, 11) is 3.18. The van der Waals surface area contributed by atoms with E-state index in [1.54, 1.807) is 31.3 Å². The fourth-order valence-electron chi connectivity index (χ4n) is 2.79. The summed E-state index contributed by atoms with van der Waals surface area (Å²) in [5.74, 6) is 1.21. The Morgan fingerprint density at radius 3 is 2.80 bits per heavy atom. The van der Waals surface area contributed by atoms with Gasteiger partial charge in [0, 0.05) is 18.2 Å². The van der Waals surface area contributed by atoms with Crippen molar-refractivity contribution in [1.29, 1.82) is 0 Å². The summed E-state index contributed by atoms with van der Waals surface area (Å²) in [6, 6.07) is 3.65. The quantitative estimate of drug-likeness (QED) is 0.508. The molecule has 2 aliphatic rings. The van der Waals surface area contributed by atoms with Gasteiger partial charge >= 0.3 is 0 Å². The second kappa shape index (κ2) is 8.07. The highest BCUT2D eigenvalue weighted by Gasteiger charge is 2.34. The highest BCUT2D eigenvalue weighted by Crippen LogP contribution is 2.38. The smallest absolute Gasteiger partial charge is 0.266 e. The van der Waals surface area contributed by atoms with Gasteiger partial charge in [-0.3, -0.25) is 9.69 Å². The van der Waals surface area contributed by atoms with E-state index in [0.29, 0.717) is 27.3 Å². The molecule has 1 atom stereocenters. The zero-order valence-corrected chi connectivity index (χ0v) is 17.1. The van der Waals surface area contributed by atoms with Gasteiger partial charge < -0.3 is 14.2 Å². The van der Waals surface area contributed by atoms with Gasteiger partial charge in [-0.05, 0) is 40.9 Å². The van der Waals surface area contributed by atoms with Gasteiger partial charge in [-0.15, -0.1) is 0 Å². The van der Waals surface area contributed by atoms with Gasteiger partial charge in [0.15, 0.2) is 0 Å². The molecular formula is C17H18BrNO4S2. The van der Waals surface area contributed by atoms with Crippen molar-refractivity contribution in [1.82, 2.24) is 4.90 Å². The lowest BCUT2D eigenvalue weighted by atomic mass is 10.1. The van der Waals surface area contributed by atoms with Gasteiger partial charge in [0.25, 0.3) is 5.91 Å². The van der Waals surface area contributed by atoms with Crippen LogP contribution < -0.4 is 9.47 Å². The molecule has 3 rings (SSSR count). The first kappa shape index (κ1) is 18.7. The summed E-state index contributed by atoms with van der Waals surface area (Å²) >= 11 is 10.2. The number of thiocarbonyl (C=S) groups is 1. The molecule has 0 saturated carbocycles. The molecule has 2 heterocycles. The SMILES string of the molecule is COc1cc(OC)c(/C=C2\SC(=S)N(C[C@@H]3CCCO3)C2=O)cc1Br. The number of hydrogen-bond donors (Lipinski definition) is 0. The van der Waals surface area contributed by atoms with Gasteiger partial charge in [0.05, 0.1) is 36.2 Å². The molecule has 0 unspecified atom stereocenters. The van der Waals surface area contributed by atoms with Crippen molar-refractivity contribution in [2.75, 3.05) is 27.4 Å². The molecule has 2 fully saturated rings. The predicted molar refractivity (Wildman–Crippen MR) is 106 cm³/mol. The number of thioether (sulfide) groups is 1. The first-order valence-electron chi connectivity index (χ1n) is 7.82. The lowest BCUT2D eigenvalue weighted by Crippen LogP contribution is -2.35. The molecule has 25 heavy (non-hydrogen) atoms. The zero-order valence-electron chi connectivity index (χ0n) is 13.9. The van der Waals surface area contributed by atoms with E-state index in [2.05, 4.69) is 15.9 Å². The summed E-state index contributed by atoms with van der Waals surface area (Å²) < 4.78 is 17.7. The van der Waals surface area contributed by atoms with E-state index in [1.165, 1.54) is 11.8 Å². The van der Waals surface area contributed by atoms with Gasteiger partial charge in [-0.2, -0.15) is 0 Å². The Morgan fingerprint density at radius 2 is 2.16 bits per heavy atom. The molecule has 0 spiro atoms. The number of benzene rings is 1. The number of nitrogens with zero attached hydrogens (tertiary/aromatic N) is 1. The molecule has 0 radical (unpaired) electrons. The number of carbonyl (C=O) groups is 1. The average Bonchev–Trinajstić information content (AvgIpc) is 3.19. The maximum Gasteiger partial charge on any atom is 0.266 e. The van der Waals surface area contributed by atoms with Crippen LogP contribution in [0.5, 0.6) is 11.5 Å². The number of hydrogen-bond acceptors (Lipinski definition) is 6. The van der Waals surface area contributed by atoms with Crippen molar-refractivity contribution in [2.24, 2.45) is 0 Å². The van der Waals surface area contributed by atoms with Crippen LogP contribution in [0.2, 0.25) is 0 Å². The van der Waals surface area contributed by atoms with E-state index in [-0.39, 0.29) is 12.0 Å². The highest BCUT2D eigenvalue weighted by molar-refractivity contribution is 9.10. The first-order chi connectivity index (χ1) is 12.0. The van der Waals surface area contributed by atoms with Crippen LogP contribution in [0.3, 0.4) is 0 Å². The maximum absolute atomic E-state index is 12.7. The van der Waals surface area contributed by atoms with E-state index in [4.69, 9.17) is 26.4 Å². The van der Waals surface area contributed by atoms with Crippen LogP contribution in [-0.2, 0) is 9.53 Å². The van der Waals surface area contributed by atoms with E-state index < -0.39 is 0 Å². The Kier molecular flexibility index (Phi) is 6.04. The number of methoxy groups -OCH3 is 2. The third-order valence-electron chi connectivity index (χ3n) is 4.07. The standard InChI is InChI=1S/C17H18BrNO4S2/c1-21-13-8-14(22-2)12(18)6-10(13)7-15-16(20)19(17(24)25-15)9-11-4-3-5-23-11/h6-8,11H,3-5,9H2,1-2H3/b15-7-/t11-/m0/s1. The number of halogens is 1. The Balaban J connectivity index is 1.85. The number of amides is 1. The van der Waals surface area contributed by atoms with Gasteiger partial charge in [-0.25, -0.2) is 0 Å². The van der Waals surface area contributed by atoms with Crippen molar-refractivity contribution in [3.63, 3.8) is 0 Å². The van der Waals surface area contributed by atoms with Gasteiger partial charge in [-0.1, -0.05) is 24.0 Å². The minimum absolute atomic E-state index is 0.0755. The topological polar surface area (TPSA) is 48.0 Å². The molecule has 0 N–H and O–H groups in total. The lowest BCUT2D eigenvalue weighted by Gasteiger charge is -2.18. The van der Waals surface area contributed by atoms with Crippen molar-refractivity contribution < 1.29 is 19.0 Å². The second-order valence-electron chi connectivity index (χ2n) is 5.66. The van der Waals surface area contributed by atoms with Gasteiger partial charge in [0.2, 0.25) is 0 Å². The van der Waals surface area contributed by atoms with Crippen LogP contribution in [-0.4, -0.2) is 48.6 Å². The minimum atomic E-state index is -0.0838. The largest absolute Gasteiger partial charge is 0.496 e. The average molecular weight is 444 g/mol. The molecule has 0 aromatic heterocycles. The first-order valence-corrected chi connectivity index (χ1v) is 9.83. The summed E-state index contributed by atoms with van der Waals surface area (Å²) in [4.78, 5) is 14.9. The summed E-state index contributed by atoms with van der Waals surface area (Å²) in [6.45, 7) is 1.28. The molecule has 2 aliphatic heterocycles. The number of carbonyl (C=O) groups excluding carboxylic acids is 1. The van der Waals surface area contributed by atoms with E-state index in [9.17, 15) is 4.79 Å². The monoisotopic (exact) mass is 443 g/mol. The minimum Gasteiger partial charge on any atom is -0.496 e. The fourth-order valence-corrected chi connectivity index (χ4v) is 4.58. The third-order valence-corrected chi connectivity index (χ3v) is 6.07. The zero-order chi connectivity index (χ0) is 18.0. The third kappa shape index (κ3) is 4.02. The summed E-state index contributed by atoms with van der Waals surface area (Å²) in [5.41, 5.74) is 0.785. The molecule has 1 aromatic carbocycles. The summed E-state index contributed by atoms with van der Waals surface area (Å²) in [6.07, 6.45) is 3.88. The van der Waals surface area contributed by atoms with E-state index in [1.807, 2.05) is 6.07 Å². The second-order valence-corrected chi connectivity index (χ2v) is 8.19. The molecule has 0 aliphatic carbocycles. The Bertz CT molecular complexity index is 732. The fraction of sp³-hybridized carbons (Fsp3) is 0.412. The molecule has 134 valence electrons. The predicted octanol–water partition coefficient (Wildman–Crippen LogP) is 3.85. The van der Waals surface area contributed by atoms with Crippen molar-refractivity contribution in [3.05, 3.63) is 27.1 Å². The van der Waals surface area contributed by atoms with Crippen LogP contribution in [0, 0.1) is 0 Å². The molecule has 0 bridgehead atoms. The molecular weight excluding hydrogens is 426 g/mol. The lowest BCUT2D eigenvalue weighted by molar-refractivity contribution is -0.123.